The third kappa shape index (κ3) is 4.89. The number of Topliss-reactive ketones (excluding diaryl/α,β-unsaturated/α-hetero) is 1. The van der Waals surface area contributed by atoms with Gasteiger partial charge in [-0.05, 0) is 30.7 Å². The van der Waals surface area contributed by atoms with Crippen LogP contribution in [0.5, 0.6) is 0 Å². The highest BCUT2D eigenvalue weighted by atomic mass is 16.2. The molecule has 0 saturated heterocycles. The van der Waals surface area contributed by atoms with Crippen molar-refractivity contribution in [2.45, 2.75) is 33.4 Å². The number of H-pyrrole nitrogens is 1. The van der Waals surface area contributed by atoms with Crippen molar-refractivity contribution in [3.63, 3.8) is 0 Å². The minimum atomic E-state index is -0.730. The molecule has 1 aromatic carbocycles. The van der Waals surface area contributed by atoms with Crippen molar-refractivity contribution in [2.24, 2.45) is 0 Å². The highest BCUT2D eigenvalue weighted by Crippen LogP contribution is 2.14. The smallest absolute Gasteiger partial charge is 0.329 e. The van der Waals surface area contributed by atoms with Crippen LogP contribution in [0.4, 0.5) is 11.5 Å². The standard InChI is InChI=1S/C20H29N5O3/c1-5-11-25-18(21)17(19(27)22-20(25)28)16(26)13-24(6-2)12-14-7-9-15(10-8-14)23(3)4/h7-10H,5-6,11-13,21H2,1-4H3,(H,22,27,28). The van der Waals surface area contributed by atoms with Crippen LogP contribution >= 0.6 is 0 Å². The number of hydrogen-bond acceptors (Lipinski definition) is 6. The molecule has 0 unspecified atom stereocenters. The molecule has 0 atom stereocenters. The summed E-state index contributed by atoms with van der Waals surface area (Å²) in [5, 5.41) is 0. The zero-order valence-electron chi connectivity index (χ0n) is 17.0. The van der Waals surface area contributed by atoms with Gasteiger partial charge in [0.1, 0.15) is 11.4 Å². The zero-order chi connectivity index (χ0) is 20.8. The van der Waals surface area contributed by atoms with Crippen molar-refractivity contribution < 1.29 is 4.79 Å². The monoisotopic (exact) mass is 387 g/mol. The molecule has 0 aliphatic rings. The number of anilines is 2. The van der Waals surface area contributed by atoms with Crippen LogP contribution in [-0.4, -0.2) is 47.4 Å². The Morgan fingerprint density at radius 3 is 2.32 bits per heavy atom. The van der Waals surface area contributed by atoms with Crippen molar-refractivity contribution in [3.05, 3.63) is 56.2 Å². The summed E-state index contributed by atoms with van der Waals surface area (Å²) in [6.07, 6.45) is 0.661. The van der Waals surface area contributed by atoms with E-state index < -0.39 is 17.0 Å². The Kier molecular flexibility index (Phi) is 7.17. The van der Waals surface area contributed by atoms with E-state index in [2.05, 4.69) is 4.98 Å². The second-order valence-corrected chi connectivity index (χ2v) is 6.96. The number of nitrogen functional groups attached to an aromatic ring is 1. The van der Waals surface area contributed by atoms with Gasteiger partial charge in [0.2, 0.25) is 0 Å². The highest BCUT2D eigenvalue weighted by molar-refractivity contribution is 6.01. The molecule has 0 aliphatic heterocycles. The fourth-order valence-electron chi connectivity index (χ4n) is 3.02. The van der Waals surface area contributed by atoms with Crippen molar-refractivity contribution in [2.75, 3.05) is 37.8 Å². The third-order valence-corrected chi connectivity index (χ3v) is 4.64. The summed E-state index contributed by atoms with van der Waals surface area (Å²) in [5.74, 6) is -0.456. The summed E-state index contributed by atoms with van der Waals surface area (Å²) in [6, 6.07) is 8.08. The Morgan fingerprint density at radius 2 is 1.79 bits per heavy atom. The number of nitrogens with two attached hydrogens (primary N) is 1. The SMILES string of the molecule is CCCn1c(N)c(C(=O)CN(CC)Cc2ccc(N(C)C)cc2)c(=O)[nH]c1=O. The Balaban J connectivity index is 2.21. The molecule has 0 amide bonds. The Bertz CT molecular complexity index is 928. The molecule has 2 rings (SSSR count). The number of nitrogens with zero attached hydrogens (tertiary/aromatic N) is 3. The van der Waals surface area contributed by atoms with Gasteiger partial charge in [0.05, 0.1) is 6.54 Å². The molecule has 3 N–H and O–H groups in total. The number of carbonyl (C=O) groups is 1. The average molecular weight is 387 g/mol. The number of likely N-dealkylation sites (N-methyl/N-ethyl adjacent to an activating group) is 1. The Morgan fingerprint density at radius 1 is 1.14 bits per heavy atom. The van der Waals surface area contributed by atoms with Gasteiger partial charge in [-0.25, -0.2) is 4.79 Å². The predicted molar refractivity (Wildman–Crippen MR) is 112 cm³/mol. The van der Waals surface area contributed by atoms with E-state index in [9.17, 15) is 14.4 Å². The second-order valence-electron chi connectivity index (χ2n) is 6.96. The van der Waals surface area contributed by atoms with Gasteiger partial charge < -0.3 is 10.6 Å². The molecule has 1 heterocycles. The van der Waals surface area contributed by atoms with E-state index in [-0.39, 0.29) is 17.9 Å². The maximum atomic E-state index is 12.8. The highest BCUT2D eigenvalue weighted by Gasteiger charge is 2.21. The van der Waals surface area contributed by atoms with Gasteiger partial charge >= 0.3 is 5.69 Å². The van der Waals surface area contributed by atoms with Gasteiger partial charge in [0, 0.05) is 32.9 Å². The molecule has 1 aromatic heterocycles. The van der Waals surface area contributed by atoms with Gasteiger partial charge in [-0.2, -0.15) is 0 Å². The average Bonchev–Trinajstić information content (AvgIpc) is 2.64. The molecule has 0 spiro atoms. The van der Waals surface area contributed by atoms with E-state index in [1.54, 1.807) is 0 Å². The number of benzene rings is 1. The van der Waals surface area contributed by atoms with Gasteiger partial charge in [0.25, 0.3) is 5.56 Å². The fourth-order valence-corrected chi connectivity index (χ4v) is 3.02. The second kappa shape index (κ2) is 9.36. The van der Waals surface area contributed by atoms with E-state index in [1.165, 1.54) is 4.57 Å². The number of ketones is 1. The van der Waals surface area contributed by atoms with Crippen molar-refractivity contribution in [3.8, 4) is 0 Å². The normalized spacial score (nSPS) is 11.0. The lowest BCUT2D eigenvalue weighted by Gasteiger charge is -2.21. The van der Waals surface area contributed by atoms with Crippen LogP contribution < -0.4 is 21.9 Å². The number of hydrogen-bond donors (Lipinski definition) is 2. The molecule has 0 aliphatic carbocycles. The first-order chi connectivity index (χ1) is 13.3. The lowest BCUT2D eigenvalue weighted by atomic mass is 10.1. The number of carbonyl (C=O) groups excluding carboxylic acids is 1. The molecular formula is C20H29N5O3. The molecule has 8 heteroatoms. The third-order valence-electron chi connectivity index (χ3n) is 4.64. The molecular weight excluding hydrogens is 358 g/mol. The molecule has 152 valence electrons. The van der Waals surface area contributed by atoms with Gasteiger partial charge in [-0.3, -0.25) is 24.0 Å². The number of rotatable bonds is 9. The number of aromatic amines is 1. The van der Waals surface area contributed by atoms with E-state index >= 15 is 0 Å². The van der Waals surface area contributed by atoms with Crippen LogP contribution in [0, 0.1) is 0 Å². The van der Waals surface area contributed by atoms with Gasteiger partial charge in [0.15, 0.2) is 5.78 Å². The summed E-state index contributed by atoms with van der Waals surface area (Å²) < 4.78 is 1.24. The summed E-state index contributed by atoms with van der Waals surface area (Å²) in [7, 11) is 3.96. The van der Waals surface area contributed by atoms with E-state index in [1.807, 2.05) is 62.0 Å². The zero-order valence-corrected chi connectivity index (χ0v) is 17.0. The van der Waals surface area contributed by atoms with Crippen LogP contribution in [0.15, 0.2) is 33.9 Å². The first-order valence-corrected chi connectivity index (χ1v) is 9.42. The Hall–Kier alpha value is -2.87. The largest absolute Gasteiger partial charge is 0.384 e. The molecule has 0 fully saturated rings. The molecule has 0 bridgehead atoms. The first-order valence-electron chi connectivity index (χ1n) is 9.42. The van der Waals surface area contributed by atoms with Crippen LogP contribution in [0.25, 0.3) is 0 Å². The number of nitrogens with one attached hydrogen (secondary N) is 1. The first kappa shape index (κ1) is 21.4. The fraction of sp³-hybridized carbons (Fsp3) is 0.450. The molecule has 28 heavy (non-hydrogen) atoms. The predicted octanol–water partition coefficient (Wildman–Crippen LogP) is 1.30. The summed E-state index contributed by atoms with van der Waals surface area (Å²) in [4.78, 5) is 43.1. The molecule has 0 radical (unpaired) electrons. The van der Waals surface area contributed by atoms with E-state index in [0.717, 1.165) is 11.3 Å². The summed E-state index contributed by atoms with van der Waals surface area (Å²) in [6.45, 7) is 5.43. The quantitative estimate of drug-likeness (QED) is 0.629. The van der Waals surface area contributed by atoms with Crippen molar-refractivity contribution in [1.82, 2.24) is 14.5 Å². The summed E-state index contributed by atoms with van der Waals surface area (Å²) >= 11 is 0. The van der Waals surface area contributed by atoms with Crippen LogP contribution in [0.3, 0.4) is 0 Å². The maximum absolute atomic E-state index is 12.8. The minimum Gasteiger partial charge on any atom is -0.384 e. The van der Waals surface area contributed by atoms with Gasteiger partial charge in [-0.15, -0.1) is 0 Å². The van der Waals surface area contributed by atoms with E-state index in [4.69, 9.17) is 5.73 Å². The minimum absolute atomic E-state index is 0.0452. The maximum Gasteiger partial charge on any atom is 0.329 e. The number of aromatic nitrogens is 2. The van der Waals surface area contributed by atoms with Gasteiger partial charge in [-0.1, -0.05) is 26.0 Å². The van der Waals surface area contributed by atoms with E-state index in [0.29, 0.717) is 26.1 Å². The topological polar surface area (TPSA) is 104 Å². The molecule has 2 aromatic rings. The molecule has 0 saturated carbocycles. The Labute approximate surface area is 164 Å². The van der Waals surface area contributed by atoms with Crippen LogP contribution in [0.2, 0.25) is 0 Å². The van der Waals surface area contributed by atoms with Crippen molar-refractivity contribution in [1.29, 1.82) is 0 Å². The van der Waals surface area contributed by atoms with Crippen LogP contribution in [0.1, 0.15) is 36.2 Å². The molecule has 8 nitrogen and oxygen atoms in total. The lowest BCUT2D eigenvalue weighted by Crippen LogP contribution is -2.39. The lowest BCUT2D eigenvalue weighted by molar-refractivity contribution is 0.0928. The van der Waals surface area contributed by atoms with Crippen molar-refractivity contribution >= 4 is 17.3 Å². The summed E-state index contributed by atoms with van der Waals surface area (Å²) in [5.41, 5.74) is 6.69. The van der Waals surface area contributed by atoms with Crippen LogP contribution in [-0.2, 0) is 13.1 Å².